The lowest BCUT2D eigenvalue weighted by Crippen LogP contribution is -2.39. The molecule has 2 N–H and O–H groups in total. The smallest absolute Gasteiger partial charge is 0.248 e. The van der Waals surface area contributed by atoms with Crippen LogP contribution in [0.4, 0.5) is 5.95 Å². The van der Waals surface area contributed by atoms with Crippen molar-refractivity contribution in [2.24, 2.45) is 11.1 Å². The molecule has 6 nitrogen and oxygen atoms in total. The van der Waals surface area contributed by atoms with Crippen LogP contribution in [0.15, 0.2) is 30.5 Å². The second-order valence-corrected chi connectivity index (χ2v) is 9.35. The third kappa shape index (κ3) is 5.12. The van der Waals surface area contributed by atoms with Crippen LogP contribution >= 0.6 is 0 Å². The average molecular weight is 396 g/mol. The van der Waals surface area contributed by atoms with Crippen molar-refractivity contribution in [1.82, 2.24) is 14.9 Å². The summed E-state index contributed by atoms with van der Waals surface area (Å²) < 4.78 is 0. The molecule has 3 rings (SSSR count). The van der Waals surface area contributed by atoms with Crippen molar-refractivity contribution >= 4 is 11.9 Å². The van der Waals surface area contributed by atoms with Gasteiger partial charge in [-0.05, 0) is 42.5 Å². The molecule has 1 aromatic carbocycles. The van der Waals surface area contributed by atoms with Gasteiger partial charge in [-0.1, -0.05) is 39.3 Å². The Morgan fingerprint density at radius 1 is 1.28 bits per heavy atom. The van der Waals surface area contributed by atoms with Gasteiger partial charge >= 0.3 is 0 Å². The Bertz CT molecular complexity index is 872. The van der Waals surface area contributed by atoms with E-state index in [1.807, 2.05) is 43.4 Å². The number of benzene rings is 1. The maximum absolute atomic E-state index is 11.7. The van der Waals surface area contributed by atoms with Gasteiger partial charge in [0.1, 0.15) is 0 Å². The Morgan fingerprint density at radius 2 is 2.03 bits per heavy atom. The number of nitrogens with two attached hydrogens (primary N) is 1. The topological polar surface area (TPSA) is 75.4 Å². The summed E-state index contributed by atoms with van der Waals surface area (Å²) in [6.07, 6.45) is 5.36. The molecule has 1 aliphatic heterocycles. The average Bonchev–Trinajstić information content (AvgIpc) is 2.67. The lowest BCUT2D eigenvalue weighted by Gasteiger charge is -2.40. The minimum Gasteiger partial charge on any atom is -0.366 e. The molecule has 0 aliphatic carbocycles. The third-order valence-electron chi connectivity index (χ3n) is 5.27. The number of nitrogens with zero attached hydrogens (tertiary/aromatic N) is 4. The predicted molar refractivity (Wildman–Crippen MR) is 118 cm³/mol. The number of rotatable bonds is 5. The van der Waals surface area contributed by atoms with E-state index in [4.69, 9.17) is 10.7 Å². The Labute approximate surface area is 174 Å². The van der Waals surface area contributed by atoms with Gasteiger partial charge in [-0.2, -0.15) is 0 Å². The van der Waals surface area contributed by atoms with Crippen LogP contribution in [0.1, 0.15) is 62.1 Å². The molecule has 6 heteroatoms. The standard InChI is InChI=1S/C23H33N5O/c1-23(2,3)15-28-12-7-6-11-19(28)20-18(14-25-22(26-20)27(4)5)16-9-8-10-17(13-16)21(24)29/h8-10,13-14,19H,6-7,11-12,15H2,1-5H3,(H2,24,29)/t19-/m1/s1. The van der Waals surface area contributed by atoms with E-state index >= 15 is 0 Å². The van der Waals surface area contributed by atoms with E-state index in [0.29, 0.717) is 11.5 Å². The zero-order valence-electron chi connectivity index (χ0n) is 18.3. The molecule has 2 heterocycles. The van der Waals surface area contributed by atoms with E-state index in [0.717, 1.165) is 36.3 Å². The summed E-state index contributed by atoms with van der Waals surface area (Å²) in [6.45, 7) is 8.92. The van der Waals surface area contributed by atoms with Gasteiger partial charge in [0.2, 0.25) is 11.9 Å². The second-order valence-electron chi connectivity index (χ2n) is 9.35. The highest BCUT2D eigenvalue weighted by atomic mass is 16.1. The largest absolute Gasteiger partial charge is 0.366 e. The molecule has 0 bridgehead atoms. The van der Waals surface area contributed by atoms with Crippen molar-refractivity contribution in [3.05, 3.63) is 41.7 Å². The third-order valence-corrected chi connectivity index (χ3v) is 5.27. The normalized spacial score (nSPS) is 17.9. The molecule has 0 saturated carbocycles. The zero-order valence-corrected chi connectivity index (χ0v) is 18.3. The molecule has 0 spiro atoms. The highest BCUT2D eigenvalue weighted by molar-refractivity contribution is 5.94. The van der Waals surface area contributed by atoms with Crippen molar-refractivity contribution in [3.63, 3.8) is 0 Å². The first kappa shape index (κ1) is 21.2. The van der Waals surface area contributed by atoms with Crippen molar-refractivity contribution in [2.75, 3.05) is 32.1 Å². The molecular formula is C23H33N5O. The molecule has 29 heavy (non-hydrogen) atoms. The fraction of sp³-hybridized carbons (Fsp3) is 0.522. The molecular weight excluding hydrogens is 362 g/mol. The number of carbonyl (C=O) groups excluding carboxylic acids is 1. The Morgan fingerprint density at radius 3 is 2.69 bits per heavy atom. The summed E-state index contributed by atoms with van der Waals surface area (Å²) in [5.41, 5.74) is 9.17. The van der Waals surface area contributed by atoms with Crippen LogP contribution in [0.25, 0.3) is 11.1 Å². The zero-order chi connectivity index (χ0) is 21.2. The molecule has 1 atom stereocenters. The van der Waals surface area contributed by atoms with Crippen LogP contribution in [0, 0.1) is 5.41 Å². The maximum atomic E-state index is 11.7. The first-order valence-corrected chi connectivity index (χ1v) is 10.3. The van der Waals surface area contributed by atoms with Gasteiger partial charge < -0.3 is 10.6 Å². The minimum atomic E-state index is -0.425. The van der Waals surface area contributed by atoms with Crippen LogP contribution in [0.3, 0.4) is 0 Å². The number of amides is 1. The number of likely N-dealkylation sites (tertiary alicyclic amines) is 1. The number of primary amides is 1. The summed E-state index contributed by atoms with van der Waals surface area (Å²) in [4.78, 5) is 25.7. The number of hydrogen-bond acceptors (Lipinski definition) is 5. The molecule has 1 saturated heterocycles. The van der Waals surface area contributed by atoms with Gasteiger partial charge in [0, 0.05) is 38.0 Å². The van der Waals surface area contributed by atoms with Crippen molar-refractivity contribution in [1.29, 1.82) is 0 Å². The lowest BCUT2D eigenvalue weighted by molar-refractivity contribution is 0.0999. The highest BCUT2D eigenvalue weighted by Crippen LogP contribution is 2.38. The Balaban J connectivity index is 2.11. The van der Waals surface area contributed by atoms with Crippen molar-refractivity contribution in [2.45, 2.75) is 46.1 Å². The van der Waals surface area contributed by atoms with Crippen LogP contribution in [-0.4, -0.2) is 48.0 Å². The van der Waals surface area contributed by atoms with Gasteiger partial charge in [-0.15, -0.1) is 0 Å². The highest BCUT2D eigenvalue weighted by Gasteiger charge is 2.31. The SMILES string of the molecule is CN(C)c1ncc(-c2cccc(C(N)=O)c2)c([C@H]2CCCCN2CC(C)(C)C)n1. The molecule has 1 amide bonds. The van der Waals surface area contributed by atoms with E-state index in [1.165, 1.54) is 12.8 Å². The Hall–Kier alpha value is -2.47. The van der Waals surface area contributed by atoms with E-state index < -0.39 is 5.91 Å². The van der Waals surface area contributed by atoms with Crippen molar-refractivity contribution < 1.29 is 4.79 Å². The fourth-order valence-corrected chi connectivity index (χ4v) is 4.02. The first-order chi connectivity index (χ1) is 13.7. The van der Waals surface area contributed by atoms with Crippen LogP contribution in [0.2, 0.25) is 0 Å². The van der Waals surface area contributed by atoms with E-state index in [9.17, 15) is 4.79 Å². The van der Waals surface area contributed by atoms with Gasteiger partial charge in [0.25, 0.3) is 0 Å². The number of aromatic nitrogens is 2. The second kappa shape index (κ2) is 8.49. The lowest BCUT2D eigenvalue weighted by atomic mass is 9.89. The molecule has 2 aromatic rings. The molecule has 0 radical (unpaired) electrons. The predicted octanol–water partition coefficient (Wildman–Crippen LogP) is 3.88. The summed E-state index contributed by atoms with van der Waals surface area (Å²) in [6, 6.07) is 7.69. The summed E-state index contributed by atoms with van der Waals surface area (Å²) in [5, 5.41) is 0. The number of carbonyl (C=O) groups is 1. The fourth-order valence-electron chi connectivity index (χ4n) is 4.02. The summed E-state index contributed by atoms with van der Waals surface area (Å²) in [5.74, 6) is 0.280. The van der Waals surface area contributed by atoms with E-state index in [-0.39, 0.29) is 11.5 Å². The van der Waals surface area contributed by atoms with Crippen molar-refractivity contribution in [3.8, 4) is 11.1 Å². The first-order valence-electron chi connectivity index (χ1n) is 10.3. The molecule has 0 unspecified atom stereocenters. The Kier molecular flexibility index (Phi) is 6.22. The van der Waals surface area contributed by atoms with Crippen LogP contribution in [0.5, 0.6) is 0 Å². The van der Waals surface area contributed by atoms with Crippen LogP contribution < -0.4 is 10.6 Å². The number of hydrogen-bond donors (Lipinski definition) is 1. The monoisotopic (exact) mass is 395 g/mol. The van der Waals surface area contributed by atoms with Gasteiger partial charge in [0.15, 0.2) is 0 Å². The molecule has 1 fully saturated rings. The molecule has 1 aromatic heterocycles. The number of piperidine rings is 1. The van der Waals surface area contributed by atoms with Gasteiger partial charge in [0.05, 0.1) is 11.7 Å². The van der Waals surface area contributed by atoms with Gasteiger partial charge in [-0.3, -0.25) is 9.69 Å². The summed E-state index contributed by atoms with van der Waals surface area (Å²) >= 11 is 0. The van der Waals surface area contributed by atoms with Crippen LogP contribution in [-0.2, 0) is 0 Å². The molecule has 156 valence electrons. The summed E-state index contributed by atoms with van der Waals surface area (Å²) in [7, 11) is 3.92. The minimum absolute atomic E-state index is 0.207. The van der Waals surface area contributed by atoms with Gasteiger partial charge in [-0.25, -0.2) is 9.97 Å². The number of anilines is 1. The van der Waals surface area contributed by atoms with E-state index in [1.54, 1.807) is 6.07 Å². The van der Waals surface area contributed by atoms with E-state index in [2.05, 4.69) is 30.7 Å². The quantitative estimate of drug-likeness (QED) is 0.831. The molecule has 1 aliphatic rings. The maximum Gasteiger partial charge on any atom is 0.248 e.